The van der Waals surface area contributed by atoms with Crippen LogP contribution in [0.2, 0.25) is 0 Å². The van der Waals surface area contributed by atoms with E-state index in [4.69, 9.17) is 4.42 Å². The fourth-order valence-electron chi connectivity index (χ4n) is 1.49. The van der Waals surface area contributed by atoms with Crippen molar-refractivity contribution in [2.75, 3.05) is 0 Å². The van der Waals surface area contributed by atoms with Gasteiger partial charge in [0.05, 0.1) is 10.4 Å². The Balaban J connectivity index is 2.04. The number of aromatic hydroxyl groups is 1. The van der Waals surface area contributed by atoms with Crippen molar-refractivity contribution in [2.24, 2.45) is 0 Å². The maximum absolute atomic E-state index is 9.68. The highest BCUT2D eigenvalue weighted by Crippen LogP contribution is 2.30. The number of para-hydroxylation sites is 1. The van der Waals surface area contributed by atoms with E-state index < -0.39 is 0 Å². The third-order valence-corrected chi connectivity index (χ3v) is 3.15. The van der Waals surface area contributed by atoms with Crippen LogP contribution >= 0.6 is 11.3 Å². The summed E-state index contributed by atoms with van der Waals surface area (Å²) in [7, 11) is 0. The number of rotatable bonds is 2. The summed E-state index contributed by atoms with van der Waals surface area (Å²) in [6.07, 6.45) is 0. The van der Waals surface area contributed by atoms with Crippen LogP contribution in [0.3, 0.4) is 0 Å². The van der Waals surface area contributed by atoms with Crippen molar-refractivity contribution in [3.8, 4) is 28.0 Å². The fourth-order valence-corrected chi connectivity index (χ4v) is 2.13. The molecule has 0 aliphatic heterocycles. The van der Waals surface area contributed by atoms with Crippen LogP contribution < -0.4 is 0 Å². The van der Waals surface area contributed by atoms with Gasteiger partial charge in [0.1, 0.15) is 5.75 Å². The van der Waals surface area contributed by atoms with Crippen molar-refractivity contribution in [1.82, 2.24) is 10.2 Å². The summed E-state index contributed by atoms with van der Waals surface area (Å²) in [6.45, 7) is 0. The van der Waals surface area contributed by atoms with Gasteiger partial charge in [0.2, 0.25) is 0 Å². The molecule has 0 saturated carbocycles. The second kappa shape index (κ2) is 4.03. The summed E-state index contributed by atoms with van der Waals surface area (Å²) in [6, 6.07) is 10.7. The molecule has 0 saturated heterocycles. The average Bonchev–Trinajstić information content (AvgIpc) is 3.00. The number of hydrogen-bond acceptors (Lipinski definition) is 5. The third kappa shape index (κ3) is 1.81. The average molecular weight is 244 g/mol. The molecule has 84 valence electrons. The molecule has 5 heteroatoms. The first kappa shape index (κ1) is 10.0. The van der Waals surface area contributed by atoms with E-state index >= 15 is 0 Å². The van der Waals surface area contributed by atoms with E-state index in [0.29, 0.717) is 17.3 Å². The van der Waals surface area contributed by atoms with Gasteiger partial charge in [-0.15, -0.1) is 21.5 Å². The number of phenolic OH excluding ortho intramolecular Hbond substituents is 1. The van der Waals surface area contributed by atoms with E-state index in [9.17, 15) is 5.11 Å². The molecule has 0 aliphatic rings. The van der Waals surface area contributed by atoms with E-state index in [1.54, 1.807) is 18.2 Å². The highest BCUT2D eigenvalue weighted by Gasteiger charge is 2.13. The van der Waals surface area contributed by atoms with Gasteiger partial charge >= 0.3 is 0 Å². The highest BCUT2D eigenvalue weighted by molar-refractivity contribution is 7.13. The first-order chi connectivity index (χ1) is 8.34. The number of nitrogens with zero attached hydrogens (tertiary/aromatic N) is 2. The van der Waals surface area contributed by atoms with Crippen LogP contribution in [-0.4, -0.2) is 15.3 Å². The Bertz CT molecular complexity index is 632. The Morgan fingerprint density at radius 1 is 1.00 bits per heavy atom. The van der Waals surface area contributed by atoms with Gasteiger partial charge < -0.3 is 9.52 Å². The monoisotopic (exact) mass is 244 g/mol. The quantitative estimate of drug-likeness (QED) is 0.752. The Labute approximate surface area is 101 Å². The van der Waals surface area contributed by atoms with E-state index in [1.165, 1.54) is 11.3 Å². The minimum atomic E-state index is 0.133. The summed E-state index contributed by atoms with van der Waals surface area (Å²) in [4.78, 5) is 0.916. The van der Waals surface area contributed by atoms with Crippen LogP contribution in [0.15, 0.2) is 46.2 Å². The second-order valence-corrected chi connectivity index (χ2v) is 4.35. The predicted molar refractivity (Wildman–Crippen MR) is 64.7 cm³/mol. The van der Waals surface area contributed by atoms with Gasteiger partial charge in [0, 0.05) is 0 Å². The van der Waals surface area contributed by atoms with Crippen molar-refractivity contribution in [3.63, 3.8) is 0 Å². The van der Waals surface area contributed by atoms with Gasteiger partial charge in [-0.25, -0.2) is 0 Å². The maximum Gasteiger partial charge on any atom is 0.258 e. The van der Waals surface area contributed by atoms with Crippen LogP contribution in [0.4, 0.5) is 0 Å². The molecule has 0 aliphatic carbocycles. The summed E-state index contributed by atoms with van der Waals surface area (Å²) in [5, 5.41) is 19.5. The number of benzene rings is 1. The molecule has 0 spiro atoms. The van der Waals surface area contributed by atoms with Crippen LogP contribution in [0.25, 0.3) is 22.2 Å². The molecule has 0 fully saturated rings. The maximum atomic E-state index is 9.68. The van der Waals surface area contributed by atoms with Crippen molar-refractivity contribution in [3.05, 3.63) is 41.8 Å². The number of thiophene rings is 1. The molecule has 4 nitrogen and oxygen atoms in total. The minimum Gasteiger partial charge on any atom is -0.507 e. The largest absolute Gasteiger partial charge is 0.507 e. The molecule has 0 amide bonds. The number of hydrogen-bond donors (Lipinski definition) is 1. The van der Waals surface area contributed by atoms with Crippen LogP contribution in [0.1, 0.15) is 0 Å². The lowest BCUT2D eigenvalue weighted by Gasteiger charge is -1.96. The van der Waals surface area contributed by atoms with Crippen molar-refractivity contribution in [2.45, 2.75) is 0 Å². The molecule has 0 atom stereocenters. The Morgan fingerprint density at radius 2 is 1.82 bits per heavy atom. The lowest BCUT2D eigenvalue weighted by atomic mass is 10.2. The van der Waals surface area contributed by atoms with Crippen LogP contribution in [0, 0.1) is 0 Å². The second-order valence-electron chi connectivity index (χ2n) is 3.41. The van der Waals surface area contributed by atoms with Gasteiger partial charge in [-0.3, -0.25) is 0 Å². The Morgan fingerprint density at radius 3 is 2.59 bits per heavy atom. The van der Waals surface area contributed by atoms with Crippen LogP contribution in [0.5, 0.6) is 5.75 Å². The molecule has 3 aromatic rings. The van der Waals surface area contributed by atoms with Crippen molar-refractivity contribution < 1.29 is 9.52 Å². The molecule has 1 aromatic carbocycles. The molecule has 17 heavy (non-hydrogen) atoms. The molecule has 3 rings (SSSR count). The number of aromatic nitrogens is 2. The smallest absolute Gasteiger partial charge is 0.258 e. The molecule has 2 aromatic heterocycles. The van der Waals surface area contributed by atoms with E-state index in [1.807, 2.05) is 23.6 Å². The zero-order valence-electron chi connectivity index (χ0n) is 8.70. The zero-order chi connectivity index (χ0) is 11.7. The molecular weight excluding hydrogens is 236 g/mol. The highest BCUT2D eigenvalue weighted by atomic mass is 32.1. The van der Waals surface area contributed by atoms with Gasteiger partial charge in [-0.1, -0.05) is 18.2 Å². The molecule has 2 heterocycles. The molecule has 1 N–H and O–H groups in total. The van der Waals surface area contributed by atoms with E-state index in [-0.39, 0.29) is 5.75 Å². The summed E-state index contributed by atoms with van der Waals surface area (Å²) in [5.41, 5.74) is 0.544. The SMILES string of the molecule is Oc1ccccc1-c1nnc(-c2cccs2)o1. The van der Waals surface area contributed by atoms with Gasteiger partial charge in [-0.2, -0.15) is 0 Å². The summed E-state index contributed by atoms with van der Waals surface area (Å²) in [5.74, 6) is 0.929. The van der Waals surface area contributed by atoms with Crippen LogP contribution in [-0.2, 0) is 0 Å². The molecule has 0 unspecified atom stereocenters. The Hall–Kier alpha value is -2.14. The Kier molecular flexibility index (Phi) is 2.38. The fraction of sp³-hybridized carbons (Fsp3) is 0. The topological polar surface area (TPSA) is 59.2 Å². The molecule has 0 bridgehead atoms. The van der Waals surface area contributed by atoms with Gasteiger partial charge in [-0.05, 0) is 23.6 Å². The predicted octanol–water partition coefficient (Wildman–Crippen LogP) is 3.17. The van der Waals surface area contributed by atoms with E-state index in [2.05, 4.69) is 10.2 Å². The van der Waals surface area contributed by atoms with Gasteiger partial charge in [0.15, 0.2) is 0 Å². The molecular formula is C12H8N2O2S. The standard InChI is InChI=1S/C12H8N2O2S/c15-9-5-2-1-4-8(9)11-13-14-12(16-11)10-6-3-7-17-10/h1-7,15H. The first-order valence-electron chi connectivity index (χ1n) is 5.00. The van der Waals surface area contributed by atoms with Gasteiger partial charge in [0.25, 0.3) is 11.8 Å². The zero-order valence-corrected chi connectivity index (χ0v) is 9.52. The normalized spacial score (nSPS) is 10.6. The van der Waals surface area contributed by atoms with E-state index in [0.717, 1.165) is 4.88 Å². The van der Waals surface area contributed by atoms with Crippen molar-refractivity contribution in [1.29, 1.82) is 0 Å². The lowest BCUT2D eigenvalue weighted by molar-refractivity contribution is 0.473. The van der Waals surface area contributed by atoms with Crippen molar-refractivity contribution >= 4 is 11.3 Å². The summed E-state index contributed by atoms with van der Waals surface area (Å²) >= 11 is 1.53. The minimum absolute atomic E-state index is 0.133. The first-order valence-corrected chi connectivity index (χ1v) is 5.88. The third-order valence-electron chi connectivity index (χ3n) is 2.29. The molecule has 0 radical (unpaired) electrons. The summed E-state index contributed by atoms with van der Waals surface area (Å²) < 4.78 is 5.52. The number of phenols is 1. The lowest BCUT2D eigenvalue weighted by Crippen LogP contribution is -1.77.